The molecule has 0 bridgehead atoms. The van der Waals surface area contributed by atoms with Crippen LogP contribution in [0.4, 0.5) is 16.2 Å². The molecule has 4 aromatic rings. The highest BCUT2D eigenvalue weighted by Crippen LogP contribution is 2.30. The summed E-state index contributed by atoms with van der Waals surface area (Å²) < 4.78 is 5.38. The molecule has 6 rings (SSSR count). The Bertz CT molecular complexity index is 2090. The van der Waals surface area contributed by atoms with Gasteiger partial charge in [-0.1, -0.05) is 56.3 Å². The van der Waals surface area contributed by atoms with Gasteiger partial charge in [-0.05, 0) is 114 Å². The standard InChI is InChI=1S/C44H55N7O6/c1-27(2)37(48-43(56)57-44(3,4)5)41(54)50-23-11-15-35(50)39(52)45-31-19-17-28(18-20-31)34-26-30-25-32(21-22-33(30)47-34)46-40(53)36-16-12-24-51(36)42(55)38(49(6)7)29-13-9-8-10-14-29/h8-10,13-14,17-22,25-27,35-38,47H,11-12,15-16,23-24H2,1-7H3,(H,45,52)(H,46,53)(H,48,56)/t35-,36-,37+,38+/m0/s1. The monoisotopic (exact) mass is 777 g/mol. The third-order valence-corrected chi connectivity index (χ3v) is 10.5. The Hall–Kier alpha value is -5.69. The number of ether oxygens (including phenoxy) is 1. The van der Waals surface area contributed by atoms with Crippen LogP contribution in [-0.4, -0.2) is 100 Å². The number of anilines is 2. The lowest BCUT2D eigenvalue weighted by molar-refractivity contribution is -0.140. The largest absolute Gasteiger partial charge is 0.444 e. The van der Waals surface area contributed by atoms with E-state index in [0.29, 0.717) is 43.7 Å². The first-order valence-electron chi connectivity index (χ1n) is 19.8. The van der Waals surface area contributed by atoms with Gasteiger partial charge in [0.1, 0.15) is 29.8 Å². The van der Waals surface area contributed by atoms with Gasteiger partial charge in [0, 0.05) is 41.1 Å². The highest BCUT2D eigenvalue weighted by Gasteiger charge is 2.40. The van der Waals surface area contributed by atoms with Crippen molar-refractivity contribution in [3.8, 4) is 11.3 Å². The molecule has 4 atom stereocenters. The van der Waals surface area contributed by atoms with Crippen molar-refractivity contribution in [1.29, 1.82) is 0 Å². The van der Waals surface area contributed by atoms with Crippen LogP contribution in [-0.2, 0) is 23.9 Å². The maximum Gasteiger partial charge on any atom is 0.408 e. The molecule has 5 amide bonds. The second-order valence-electron chi connectivity index (χ2n) is 16.6. The van der Waals surface area contributed by atoms with Crippen LogP contribution in [0.25, 0.3) is 22.2 Å². The van der Waals surface area contributed by atoms with Gasteiger partial charge in [-0.15, -0.1) is 0 Å². The number of rotatable bonds is 11. The Morgan fingerprint density at radius 1 is 0.772 bits per heavy atom. The Kier molecular flexibility index (Phi) is 12.4. The number of carbonyl (C=O) groups excluding carboxylic acids is 5. The normalized spacial score (nSPS) is 18.1. The van der Waals surface area contributed by atoms with Crippen LogP contribution < -0.4 is 16.0 Å². The number of fused-ring (bicyclic) bond motifs is 1. The van der Waals surface area contributed by atoms with E-state index in [1.165, 1.54) is 0 Å². The second kappa shape index (κ2) is 17.2. The van der Waals surface area contributed by atoms with Crippen LogP contribution in [0, 0.1) is 5.92 Å². The minimum atomic E-state index is -0.828. The van der Waals surface area contributed by atoms with Crippen molar-refractivity contribution in [2.75, 3.05) is 37.8 Å². The van der Waals surface area contributed by atoms with Gasteiger partial charge in [0.2, 0.25) is 23.6 Å². The summed E-state index contributed by atoms with van der Waals surface area (Å²) in [7, 11) is 3.75. The molecule has 0 saturated carbocycles. The number of aromatic amines is 1. The van der Waals surface area contributed by atoms with Crippen LogP contribution >= 0.6 is 0 Å². The molecule has 2 aliphatic rings. The summed E-state index contributed by atoms with van der Waals surface area (Å²) in [5, 5.41) is 9.64. The van der Waals surface area contributed by atoms with Crippen LogP contribution in [0.1, 0.15) is 71.9 Å². The molecular weight excluding hydrogens is 723 g/mol. The molecule has 13 heteroatoms. The third kappa shape index (κ3) is 9.65. The minimum Gasteiger partial charge on any atom is -0.444 e. The van der Waals surface area contributed by atoms with Crippen molar-refractivity contribution in [3.05, 3.63) is 84.4 Å². The lowest BCUT2D eigenvalue weighted by Crippen LogP contribution is -2.55. The molecule has 3 heterocycles. The highest BCUT2D eigenvalue weighted by atomic mass is 16.6. The molecular formula is C44H55N7O6. The molecule has 13 nitrogen and oxygen atoms in total. The van der Waals surface area contributed by atoms with Gasteiger partial charge in [0.05, 0.1) is 0 Å². The maximum atomic E-state index is 13.8. The van der Waals surface area contributed by atoms with Gasteiger partial charge in [0.15, 0.2) is 0 Å². The van der Waals surface area contributed by atoms with Crippen molar-refractivity contribution in [2.24, 2.45) is 5.92 Å². The number of hydrogen-bond acceptors (Lipinski definition) is 7. The van der Waals surface area contributed by atoms with Gasteiger partial charge in [-0.3, -0.25) is 24.1 Å². The zero-order valence-electron chi connectivity index (χ0n) is 33.9. The zero-order valence-corrected chi connectivity index (χ0v) is 33.9. The number of aromatic nitrogens is 1. The number of H-pyrrole nitrogens is 1. The number of hydrogen-bond donors (Lipinski definition) is 4. The number of nitrogens with zero attached hydrogens (tertiary/aromatic N) is 3. The predicted molar refractivity (Wildman–Crippen MR) is 221 cm³/mol. The van der Waals surface area contributed by atoms with E-state index in [-0.39, 0.29) is 29.5 Å². The first-order chi connectivity index (χ1) is 27.1. The molecule has 1 aromatic heterocycles. The number of likely N-dealkylation sites (N-methyl/N-ethyl adjacent to an activating group) is 1. The molecule has 0 radical (unpaired) electrons. The molecule has 2 fully saturated rings. The van der Waals surface area contributed by atoms with Crippen LogP contribution in [0.5, 0.6) is 0 Å². The van der Waals surface area contributed by atoms with Crippen LogP contribution in [0.3, 0.4) is 0 Å². The number of benzene rings is 3. The van der Waals surface area contributed by atoms with Gasteiger partial charge < -0.3 is 35.5 Å². The van der Waals surface area contributed by atoms with E-state index in [1.807, 2.05) is 112 Å². The fourth-order valence-electron chi connectivity index (χ4n) is 7.74. The van der Waals surface area contributed by atoms with Crippen LogP contribution in [0.2, 0.25) is 0 Å². The van der Waals surface area contributed by atoms with Crippen molar-refractivity contribution >= 4 is 52.0 Å². The van der Waals surface area contributed by atoms with E-state index in [0.717, 1.165) is 34.1 Å². The molecule has 2 aliphatic heterocycles. The lowest BCUT2D eigenvalue weighted by Gasteiger charge is -2.31. The van der Waals surface area contributed by atoms with E-state index in [9.17, 15) is 24.0 Å². The SMILES string of the molecule is CC(C)[C@@H](NC(=O)OC(C)(C)C)C(=O)N1CCC[C@H]1C(=O)Nc1ccc(-c2cc3cc(NC(=O)[C@@H]4CCCN4C(=O)[C@@H](c4ccccc4)N(C)C)ccc3[nH]2)cc1. The summed E-state index contributed by atoms with van der Waals surface area (Å²) in [5.41, 5.74) is 4.07. The van der Waals surface area contributed by atoms with E-state index in [1.54, 1.807) is 30.6 Å². The summed E-state index contributed by atoms with van der Waals surface area (Å²) in [6, 6.07) is 22.2. The fourth-order valence-corrected chi connectivity index (χ4v) is 7.74. The van der Waals surface area contributed by atoms with Gasteiger partial charge in [-0.2, -0.15) is 0 Å². The first-order valence-corrected chi connectivity index (χ1v) is 19.8. The lowest BCUT2D eigenvalue weighted by atomic mass is 10.0. The van der Waals surface area contributed by atoms with E-state index >= 15 is 0 Å². The molecule has 0 aliphatic carbocycles. The van der Waals surface area contributed by atoms with E-state index in [4.69, 9.17) is 4.74 Å². The average Bonchev–Trinajstić information content (AvgIpc) is 3.94. The van der Waals surface area contributed by atoms with Crippen molar-refractivity contribution in [3.63, 3.8) is 0 Å². The topological polar surface area (TPSA) is 156 Å². The molecule has 57 heavy (non-hydrogen) atoms. The quantitative estimate of drug-likeness (QED) is 0.135. The first kappa shape index (κ1) is 41.0. The summed E-state index contributed by atoms with van der Waals surface area (Å²) in [4.78, 5) is 75.6. The summed E-state index contributed by atoms with van der Waals surface area (Å²) >= 11 is 0. The second-order valence-corrected chi connectivity index (χ2v) is 16.6. The summed E-state index contributed by atoms with van der Waals surface area (Å²) in [6.07, 6.45) is 1.88. The third-order valence-electron chi connectivity index (χ3n) is 10.5. The number of carbonyl (C=O) groups is 5. The Morgan fingerprint density at radius 3 is 1.93 bits per heavy atom. The van der Waals surface area contributed by atoms with Gasteiger partial charge in [0.25, 0.3) is 0 Å². The smallest absolute Gasteiger partial charge is 0.408 e. The van der Waals surface area contributed by atoms with Crippen molar-refractivity contribution < 1.29 is 28.7 Å². The summed E-state index contributed by atoms with van der Waals surface area (Å²) in [5.74, 6) is -1.09. The van der Waals surface area contributed by atoms with E-state index in [2.05, 4.69) is 20.9 Å². The number of likely N-dealkylation sites (tertiary alicyclic amines) is 2. The van der Waals surface area contributed by atoms with Gasteiger partial charge >= 0.3 is 6.09 Å². The molecule has 3 aromatic carbocycles. The molecule has 4 N–H and O–H groups in total. The van der Waals surface area contributed by atoms with Crippen molar-refractivity contribution in [1.82, 2.24) is 25.0 Å². The van der Waals surface area contributed by atoms with Crippen molar-refractivity contribution in [2.45, 2.75) is 90.1 Å². The minimum absolute atomic E-state index is 0.0831. The molecule has 2 saturated heterocycles. The van der Waals surface area contributed by atoms with Crippen LogP contribution in [0.15, 0.2) is 78.9 Å². The fraction of sp³-hybridized carbons (Fsp3) is 0.432. The Labute approximate surface area is 334 Å². The number of amides is 5. The van der Waals surface area contributed by atoms with Gasteiger partial charge in [-0.25, -0.2) is 4.79 Å². The molecule has 302 valence electrons. The zero-order chi connectivity index (χ0) is 41.0. The average molecular weight is 778 g/mol. The number of alkyl carbamates (subject to hydrolysis) is 1. The molecule has 0 unspecified atom stereocenters. The summed E-state index contributed by atoms with van der Waals surface area (Å²) in [6.45, 7) is 9.93. The van der Waals surface area contributed by atoms with E-state index < -0.39 is 35.9 Å². The highest BCUT2D eigenvalue weighted by molar-refractivity contribution is 6.01. The molecule has 0 spiro atoms. The Balaban J connectivity index is 1.08. The Morgan fingerprint density at radius 2 is 1.35 bits per heavy atom. The number of nitrogens with one attached hydrogen (secondary N) is 4. The predicted octanol–water partition coefficient (Wildman–Crippen LogP) is 6.55. The maximum absolute atomic E-state index is 13.8.